The molecule has 0 spiro atoms. The second-order valence-corrected chi connectivity index (χ2v) is 7.42. The first-order chi connectivity index (χ1) is 17.0. The molecule has 35 heavy (non-hydrogen) atoms. The number of hydrogen-bond donors (Lipinski definition) is 1. The van der Waals surface area contributed by atoms with Crippen molar-refractivity contribution in [3.8, 4) is 17.4 Å². The first kappa shape index (κ1) is 23.0. The largest absolute Gasteiger partial charge is 0.477 e. The minimum atomic E-state index is -1.27. The number of nitriles is 1. The molecule has 4 rings (SSSR count). The molecule has 0 bridgehead atoms. The monoisotopic (exact) mass is 460 g/mol. The van der Waals surface area contributed by atoms with Crippen molar-refractivity contribution in [3.63, 3.8) is 0 Å². The van der Waals surface area contributed by atoms with Gasteiger partial charge in [0.2, 0.25) is 0 Å². The van der Waals surface area contributed by atoms with Crippen molar-refractivity contribution >= 4 is 41.1 Å². The van der Waals surface area contributed by atoms with Gasteiger partial charge in [-0.2, -0.15) is 5.26 Å². The fourth-order valence-corrected chi connectivity index (χ4v) is 3.59. The molecule has 7 nitrogen and oxygen atoms in total. The van der Waals surface area contributed by atoms with E-state index >= 15 is 0 Å². The number of allylic oxidation sites excluding steroid dienone is 1. The average molecular weight is 460 g/mol. The lowest BCUT2D eigenvalue weighted by Gasteiger charge is -2.25. The van der Waals surface area contributed by atoms with E-state index in [0.717, 1.165) is 28.0 Å². The van der Waals surface area contributed by atoms with Gasteiger partial charge in [-0.15, -0.1) is 0 Å². The predicted octanol–water partition coefficient (Wildman–Crippen LogP) is 6.35. The molecule has 0 aliphatic carbocycles. The third-order valence-electron chi connectivity index (χ3n) is 5.21. The Morgan fingerprint density at radius 2 is 1.94 bits per heavy atom. The van der Waals surface area contributed by atoms with Gasteiger partial charge in [0, 0.05) is 22.8 Å². The van der Waals surface area contributed by atoms with E-state index in [-0.39, 0.29) is 5.57 Å². The molecular formula is C28H20N4O3. The molecule has 2 aromatic carbocycles. The van der Waals surface area contributed by atoms with Crippen LogP contribution in [0.25, 0.3) is 28.4 Å². The molecule has 2 heterocycles. The number of rotatable bonds is 8. The summed E-state index contributed by atoms with van der Waals surface area (Å²) in [4.78, 5) is 21.2. The normalized spacial score (nSPS) is 11.6. The van der Waals surface area contributed by atoms with Crippen LogP contribution in [0.15, 0.2) is 113 Å². The Morgan fingerprint density at radius 1 is 1.14 bits per heavy atom. The predicted molar refractivity (Wildman–Crippen MR) is 137 cm³/mol. The molecule has 0 atom stereocenters. The third-order valence-corrected chi connectivity index (χ3v) is 5.21. The molecule has 0 unspecified atom stereocenters. The third kappa shape index (κ3) is 4.92. The lowest BCUT2D eigenvalue weighted by Crippen LogP contribution is -2.15. The number of benzene rings is 2. The van der Waals surface area contributed by atoms with Gasteiger partial charge in [0.15, 0.2) is 0 Å². The maximum atomic E-state index is 11.1. The molecule has 1 N–H and O–H groups in total. The van der Waals surface area contributed by atoms with Crippen LogP contribution in [0.2, 0.25) is 0 Å². The average Bonchev–Trinajstić information content (AvgIpc) is 3.31. The second-order valence-electron chi connectivity index (χ2n) is 7.42. The van der Waals surface area contributed by atoms with E-state index in [1.807, 2.05) is 53.4 Å². The molecular weight excluding hydrogens is 440 g/mol. The minimum Gasteiger partial charge on any atom is -0.477 e. The zero-order valence-electron chi connectivity index (χ0n) is 18.6. The molecule has 7 heteroatoms. The Hall–Kier alpha value is -5.22. The van der Waals surface area contributed by atoms with E-state index in [1.54, 1.807) is 42.9 Å². The molecule has 4 aromatic rings. The van der Waals surface area contributed by atoms with Gasteiger partial charge in [-0.3, -0.25) is 9.98 Å². The number of aliphatic imine (C=N–C) groups is 1. The van der Waals surface area contributed by atoms with Crippen LogP contribution in [0.1, 0.15) is 5.56 Å². The number of hydrogen-bond acceptors (Lipinski definition) is 6. The number of carbonyl (C=O) groups is 1. The summed E-state index contributed by atoms with van der Waals surface area (Å²) in [5.41, 5.74) is 4.14. The Morgan fingerprint density at radius 3 is 2.57 bits per heavy atom. The summed E-state index contributed by atoms with van der Waals surface area (Å²) in [7, 11) is 0. The number of aromatic nitrogens is 1. The Labute approximate surface area is 201 Å². The maximum absolute atomic E-state index is 11.1. The van der Waals surface area contributed by atoms with Gasteiger partial charge in [-0.1, -0.05) is 18.7 Å². The first-order valence-corrected chi connectivity index (χ1v) is 10.5. The van der Waals surface area contributed by atoms with Gasteiger partial charge in [0.1, 0.15) is 23.0 Å². The van der Waals surface area contributed by atoms with Gasteiger partial charge >= 0.3 is 5.97 Å². The van der Waals surface area contributed by atoms with Crippen LogP contribution in [0, 0.1) is 11.3 Å². The van der Waals surface area contributed by atoms with Crippen LogP contribution in [0.4, 0.5) is 11.4 Å². The molecule has 2 aromatic heterocycles. The molecule has 0 saturated heterocycles. The summed E-state index contributed by atoms with van der Waals surface area (Å²) < 4.78 is 6.03. The smallest absolute Gasteiger partial charge is 0.346 e. The van der Waals surface area contributed by atoms with Gasteiger partial charge in [-0.25, -0.2) is 4.79 Å². The highest BCUT2D eigenvalue weighted by Crippen LogP contribution is 2.34. The van der Waals surface area contributed by atoms with Gasteiger partial charge < -0.3 is 14.4 Å². The van der Waals surface area contributed by atoms with E-state index in [9.17, 15) is 4.79 Å². The highest BCUT2D eigenvalue weighted by atomic mass is 16.4. The first-order valence-electron chi connectivity index (χ1n) is 10.5. The Bertz CT molecular complexity index is 1510. The molecule has 0 saturated carbocycles. The Balaban J connectivity index is 1.69. The van der Waals surface area contributed by atoms with Crippen molar-refractivity contribution in [1.29, 1.82) is 5.26 Å². The summed E-state index contributed by atoms with van der Waals surface area (Å²) in [6, 6.07) is 20.5. The summed E-state index contributed by atoms with van der Waals surface area (Å²) >= 11 is 0. The molecule has 0 fully saturated rings. The van der Waals surface area contributed by atoms with Crippen molar-refractivity contribution < 1.29 is 14.3 Å². The highest BCUT2D eigenvalue weighted by molar-refractivity contribution is 5.97. The van der Waals surface area contributed by atoms with Gasteiger partial charge in [-0.05, 0) is 73.0 Å². The second kappa shape index (κ2) is 10.1. The van der Waals surface area contributed by atoms with Crippen LogP contribution < -0.4 is 4.90 Å². The van der Waals surface area contributed by atoms with E-state index in [1.165, 1.54) is 6.08 Å². The van der Waals surface area contributed by atoms with Crippen LogP contribution in [0.3, 0.4) is 0 Å². The van der Waals surface area contributed by atoms with E-state index in [4.69, 9.17) is 14.8 Å². The zero-order valence-corrected chi connectivity index (χ0v) is 18.6. The standard InChI is InChI=1S/C28H20N4O3/c1-3-23(17-30-2)32(25-5-4-12-31-18-25)24-10-8-20(9-11-24)27-15-21-7-6-19(14-26(21)35-27)13-22(16-29)28(33)34/h3-15,17-18H,1-2H2,(H,33,34)/b22-13+,23-17+. The molecule has 170 valence electrons. The summed E-state index contributed by atoms with van der Waals surface area (Å²) in [6.07, 6.45) is 8.10. The molecule has 0 amide bonds. The van der Waals surface area contributed by atoms with Gasteiger partial charge in [0.05, 0.1) is 23.8 Å². The van der Waals surface area contributed by atoms with E-state index in [0.29, 0.717) is 16.9 Å². The molecule has 0 aliphatic heterocycles. The topological polar surface area (TPSA) is 103 Å². The summed E-state index contributed by atoms with van der Waals surface area (Å²) in [6.45, 7) is 7.44. The Kier molecular flexibility index (Phi) is 6.66. The van der Waals surface area contributed by atoms with Crippen LogP contribution in [-0.4, -0.2) is 22.8 Å². The summed E-state index contributed by atoms with van der Waals surface area (Å²) in [5, 5.41) is 18.9. The SMILES string of the molecule is C=C/C(=C\N=C)N(c1ccc(-c2cc3ccc(/C=C(\C#N)C(=O)O)cc3o2)cc1)c1cccnc1. The van der Waals surface area contributed by atoms with Crippen molar-refractivity contribution in [1.82, 2.24) is 4.98 Å². The number of furan rings is 1. The lowest BCUT2D eigenvalue weighted by molar-refractivity contribution is -0.132. The number of carboxylic acid groups (broad SMARTS) is 1. The van der Waals surface area contributed by atoms with Crippen molar-refractivity contribution in [2.45, 2.75) is 0 Å². The number of anilines is 2. The van der Waals surface area contributed by atoms with E-state index < -0.39 is 5.97 Å². The quantitative estimate of drug-likeness (QED) is 0.142. The zero-order chi connectivity index (χ0) is 24.8. The number of carboxylic acids is 1. The highest BCUT2D eigenvalue weighted by Gasteiger charge is 2.14. The molecule has 0 radical (unpaired) electrons. The minimum absolute atomic E-state index is 0.343. The number of aliphatic carboxylic acids is 1. The van der Waals surface area contributed by atoms with Gasteiger partial charge in [0.25, 0.3) is 0 Å². The maximum Gasteiger partial charge on any atom is 0.346 e. The van der Waals surface area contributed by atoms with Crippen LogP contribution >= 0.6 is 0 Å². The fourth-order valence-electron chi connectivity index (χ4n) is 3.59. The number of fused-ring (bicyclic) bond motifs is 1. The van der Waals surface area contributed by atoms with Crippen LogP contribution in [-0.2, 0) is 4.79 Å². The number of nitrogens with zero attached hydrogens (tertiary/aromatic N) is 4. The molecule has 0 aliphatic rings. The van der Waals surface area contributed by atoms with Crippen molar-refractivity contribution in [2.75, 3.05) is 4.90 Å². The summed E-state index contributed by atoms with van der Waals surface area (Å²) in [5.74, 6) is -0.613. The lowest BCUT2D eigenvalue weighted by atomic mass is 10.1. The van der Waals surface area contributed by atoms with Crippen LogP contribution in [0.5, 0.6) is 0 Å². The van der Waals surface area contributed by atoms with Crippen molar-refractivity contribution in [3.05, 3.63) is 109 Å². The van der Waals surface area contributed by atoms with Crippen molar-refractivity contribution in [2.24, 2.45) is 4.99 Å². The van der Waals surface area contributed by atoms with E-state index in [2.05, 4.69) is 23.3 Å². The number of pyridine rings is 1. The fraction of sp³-hybridized carbons (Fsp3) is 0.